The molecular formula is C20H15FN2O2S. The van der Waals surface area contributed by atoms with Crippen LogP contribution in [0.3, 0.4) is 0 Å². The van der Waals surface area contributed by atoms with E-state index in [-0.39, 0.29) is 10.6 Å². The fourth-order valence-electron chi connectivity index (χ4n) is 2.89. The number of aromatic nitrogens is 1. The van der Waals surface area contributed by atoms with Crippen LogP contribution in [-0.2, 0) is 10.0 Å². The number of anilines is 1. The Morgan fingerprint density at radius 3 is 2.46 bits per heavy atom. The summed E-state index contributed by atoms with van der Waals surface area (Å²) < 4.78 is 42.3. The zero-order valence-corrected chi connectivity index (χ0v) is 14.4. The minimum absolute atomic E-state index is 0.0736. The van der Waals surface area contributed by atoms with Crippen molar-refractivity contribution in [1.82, 2.24) is 4.98 Å². The third-order valence-electron chi connectivity index (χ3n) is 4.16. The Labute approximate surface area is 150 Å². The highest BCUT2D eigenvalue weighted by atomic mass is 32.2. The average molecular weight is 366 g/mol. The number of sulfonamides is 1. The van der Waals surface area contributed by atoms with E-state index in [9.17, 15) is 12.8 Å². The number of benzene rings is 3. The Morgan fingerprint density at radius 2 is 1.65 bits per heavy atom. The summed E-state index contributed by atoms with van der Waals surface area (Å²) in [4.78, 5) is 2.99. The summed E-state index contributed by atoms with van der Waals surface area (Å²) in [5.41, 5.74) is 2.00. The molecular weight excluding hydrogens is 351 g/mol. The number of halogens is 1. The van der Waals surface area contributed by atoms with E-state index in [1.165, 1.54) is 18.2 Å². The van der Waals surface area contributed by atoms with Gasteiger partial charge in [-0.3, -0.25) is 4.72 Å². The molecule has 0 spiro atoms. The van der Waals surface area contributed by atoms with E-state index in [1.54, 1.807) is 24.4 Å². The molecule has 0 radical (unpaired) electrons. The second kappa shape index (κ2) is 6.31. The smallest absolute Gasteiger partial charge is 0.264 e. The Kier molecular flexibility index (Phi) is 3.97. The molecule has 2 N–H and O–H groups in total. The van der Waals surface area contributed by atoms with Crippen LogP contribution in [0, 0.1) is 5.82 Å². The highest BCUT2D eigenvalue weighted by Gasteiger charge is 2.20. The Morgan fingerprint density at radius 1 is 0.846 bits per heavy atom. The molecule has 0 saturated carbocycles. The zero-order valence-electron chi connectivity index (χ0n) is 13.6. The molecule has 3 aromatic carbocycles. The number of H-pyrrole nitrogens is 1. The van der Waals surface area contributed by atoms with Gasteiger partial charge in [-0.15, -0.1) is 0 Å². The largest absolute Gasteiger partial charge is 0.360 e. The second-order valence-corrected chi connectivity index (χ2v) is 7.52. The molecule has 0 aliphatic carbocycles. The molecule has 0 aliphatic rings. The van der Waals surface area contributed by atoms with Crippen molar-refractivity contribution >= 4 is 26.6 Å². The summed E-state index contributed by atoms with van der Waals surface area (Å²) >= 11 is 0. The van der Waals surface area contributed by atoms with Gasteiger partial charge in [-0.1, -0.05) is 48.5 Å². The molecule has 0 atom stereocenters. The highest BCUT2D eigenvalue weighted by molar-refractivity contribution is 7.93. The van der Waals surface area contributed by atoms with Crippen molar-refractivity contribution < 1.29 is 12.8 Å². The first-order valence-electron chi connectivity index (χ1n) is 7.98. The number of fused-ring (bicyclic) bond motifs is 1. The summed E-state index contributed by atoms with van der Waals surface area (Å²) in [5.74, 6) is -0.632. The van der Waals surface area contributed by atoms with Crippen LogP contribution in [0.2, 0.25) is 0 Å². The van der Waals surface area contributed by atoms with Crippen LogP contribution in [0.1, 0.15) is 0 Å². The summed E-state index contributed by atoms with van der Waals surface area (Å²) in [6.45, 7) is 0. The minimum Gasteiger partial charge on any atom is -0.360 e. The molecule has 0 amide bonds. The monoisotopic (exact) mass is 366 g/mol. The maximum absolute atomic E-state index is 14.3. The van der Waals surface area contributed by atoms with Crippen LogP contribution in [-0.4, -0.2) is 13.4 Å². The van der Waals surface area contributed by atoms with Crippen molar-refractivity contribution in [2.75, 3.05) is 4.72 Å². The quantitative estimate of drug-likeness (QED) is 0.546. The van der Waals surface area contributed by atoms with Gasteiger partial charge in [0.1, 0.15) is 10.7 Å². The lowest BCUT2D eigenvalue weighted by Crippen LogP contribution is -2.14. The molecule has 4 rings (SSSR count). The fourth-order valence-corrected chi connectivity index (χ4v) is 4.15. The maximum Gasteiger partial charge on any atom is 0.264 e. The van der Waals surface area contributed by atoms with Gasteiger partial charge in [-0.2, -0.15) is 0 Å². The molecule has 4 nitrogen and oxygen atoms in total. The van der Waals surface area contributed by atoms with E-state index in [1.807, 2.05) is 36.4 Å². The predicted molar refractivity (Wildman–Crippen MR) is 101 cm³/mol. The lowest BCUT2D eigenvalue weighted by atomic mass is 10.1. The van der Waals surface area contributed by atoms with Crippen molar-refractivity contribution in [1.29, 1.82) is 0 Å². The second-order valence-electron chi connectivity index (χ2n) is 5.86. The number of hydrogen-bond donors (Lipinski definition) is 2. The van der Waals surface area contributed by atoms with Crippen LogP contribution in [0.5, 0.6) is 0 Å². The maximum atomic E-state index is 14.3. The molecule has 0 unspecified atom stereocenters. The number of aromatic amines is 1. The van der Waals surface area contributed by atoms with Crippen molar-refractivity contribution in [2.24, 2.45) is 0 Å². The molecule has 0 aliphatic heterocycles. The van der Waals surface area contributed by atoms with E-state index < -0.39 is 15.8 Å². The molecule has 1 aromatic heterocycles. The van der Waals surface area contributed by atoms with Crippen LogP contribution >= 0.6 is 0 Å². The van der Waals surface area contributed by atoms with Gasteiger partial charge in [0.25, 0.3) is 10.0 Å². The topological polar surface area (TPSA) is 62.0 Å². The SMILES string of the molecule is O=S(=O)(Nc1cc(-c2ccccc2)ccc1F)c1cccc2cc[nH]c12. The van der Waals surface area contributed by atoms with Crippen LogP contribution in [0.15, 0.2) is 83.9 Å². The summed E-state index contributed by atoms with van der Waals surface area (Å²) in [6.07, 6.45) is 1.67. The van der Waals surface area contributed by atoms with E-state index in [2.05, 4.69) is 9.71 Å². The van der Waals surface area contributed by atoms with E-state index in [0.717, 1.165) is 16.5 Å². The van der Waals surface area contributed by atoms with Crippen molar-refractivity contribution in [3.63, 3.8) is 0 Å². The standard InChI is InChI=1S/C20H15FN2O2S/c21-17-10-9-16(14-5-2-1-3-6-14)13-18(17)23-26(24,25)19-8-4-7-15-11-12-22-20(15)19/h1-13,22-23H. The number of para-hydroxylation sites is 1. The Bertz CT molecular complexity index is 1180. The predicted octanol–water partition coefficient (Wildman–Crippen LogP) is 4.77. The van der Waals surface area contributed by atoms with Gasteiger partial charge in [0.15, 0.2) is 0 Å². The first-order valence-corrected chi connectivity index (χ1v) is 9.47. The minimum atomic E-state index is -3.95. The molecule has 6 heteroatoms. The number of nitrogens with one attached hydrogen (secondary N) is 2. The van der Waals surface area contributed by atoms with Crippen LogP contribution in [0.25, 0.3) is 22.0 Å². The van der Waals surface area contributed by atoms with Gasteiger partial charge in [0.05, 0.1) is 11.2 Å². The highest BCUT2D eigenvalue weighted by Crippen LogP contribution is 2.28. The molecule has 130 valence electrons. The van der Waals surface area contributed by atoms with E-state index >= 15 is 0 Å². The van der Waals surface area contributed by atoms with Crippen LogP contribution in [0.4, 0.5) is 10.1 Å². The molecule has 1 heterocycles. The third-order valence-corrected chi connectivity index (χ3v) is 5.56. The molecule has 0 fully saturated rings. The summed E-state index contributed by atoms with van der Waals surface area (Å²) in [7, 11) is -3.95. The van der Waals surface area contributed by atoms with Gasteiger partial charge < -0.3 is 4.98 Å². The van der Waals surface area contributed by atoms with Gasteiger partial charge >= 0.3 is 0 Å². The summed E-state index contributed by atoms with van der Waals surface area (Å²) in [6, 6.07) is 20.5. The molecule has 4 aromatic rings. The first-order chi connectivity index (χ1) is 12.5. The normalized spacial score (nSPS) is 11.6. The van der Waals surface area contributed by atoms with Crippen molar-refractivity contribution in [3.05, 3.63) is 84.8 Å². The molecule has 0 saturated heterocycles. The Balaban J connectivity index is 1.76. The first kappa shape index (κ1) is 16.4. The number of rotatable bonds is 4. The number of hydrogen-bond acceptors (Lipinski definition) is 2. The van der Waals surface area contributed by atoms with E-state index in [4.69, 9.17) is 0 Å². The van der Waals surface area contributed by atoms with Crippen molar-refractivity contribution in [3.8, 4) is 11.1 Å². The van der Waals surface area contributed by atoms with Gasteiger partial charge in [0, 0.05) is 11.6 Å². The van der Waals surface area contributed by atoms with Gasteiger partial charge in [0.2, 0.25) is 0 Å². The molecule has 26 heavy (non-hydrogen) atoms. The summed E-state index contributed by atoms with van der Waals surface area (Å²) in [5, 5.41) is 0.770. The zero-order chi connectivity index (χ0) is 18.1. The third kappa shape index (κ3) is 2.95. The Hall–Kier alpha value is -3.12. The van der Waals surface area contributed by atoms with Crippen molar-refractivity contribution in [2.45, 2.75) is 4.90 Å². The van der Waals surface area contributed by atoms with Crippen LogP contribution < -0.4 is 4.72 Å². The molecule has 0 bridgehead atoms. The average Bonchev–Trinajstić information content (AvgIpc) is 3.12. The lowest BCUT2D eigenvalue weighted by molar-refractivity contribution is 0.599. The van der Waals surface area contributed by atoms with Gasteiger partial charge in [-0.25, -0.2) is 12.8 Å². The van der Waals surface area contributed by atoms with Gasteiger partial charge in [-0.05, 0) is 35.4 Å². The van der Waals surface area contributed by atoms with E-state index in [0.29, 0.717) is 5.52 Å². The lowest BCUT2D eigenvalue weighted by Gasteiger charge is -2.11. The fraction of sp³-hybridized carbons (Fsp3) is 0.